The fourth-order valence-corrected chi connectivity index (χ4v) is 2.65. The Labute approximate surface area is 113 Å². The molecule has 0 atom stereocenters. The van der Waals surface area contributed by atoms with Crippen LogP contribution in [0.5, 0.6) is 5.75 Å². The summed E-state index contributed by atoms with van der Waals surface area (Å²) in [4.78, 5) is 11.7. The van der Waals surface area contributed by atoms with Crippen LogP contribution in [0.4, 0.5) is 5.69 Å². The van der Waals surface area contributed by atoms with E-state index in [2.05, 4.69) is 12.2 Å². The maximum absolute atomic E-state index is 11.7. The number of carboxylic acids is 1. The van der Waals surface area contributed by atoms with E-state index in [1.165, 1.54) is 0 Å². The molecule has 2 N–H and O–H groups in total. The zero-order valence-corrected chi connectivity index (χ0v) is 11.5. The molecule has 0 amide bonds. The maximum atomic E-state index is 11.7. The van der Waals surface area contributed by atoms with Crippen molar-refractivity contribution in [2.24, 2.45) is 5.92 Å². The molecule has 2 rings (SSSR count). The van der Waals surface area contributed by atoms with Crippen molar-refractivity contribution in [2.45, 2.75) is 38.1 Å². The van der Waals surface area contributed by atoms with E-state index in [1.54, 1.807) is 7.11 Å². The Morgan fingerprint density at radius 3 is 2.58 bits per heavy atom. The molecule has 0 saturated heterocycles. The third-order valence-electron chi connectivity index (χ3n) is 4.02. The zero-order chi connectivity index (χ0) is 13.9. The van der Waals surface area contributed by atoms with Crippen LogP contribution in [0.25, 0.3) is 0 Å². The first-order valence-corrected chi connectivity index (χ1v) is 6.72. The van der Waals surface area contributed by atoms with Gasteiger partial charge in [0.25, 0.3) is 0 Å². The molecular weight excluding hydrogens is 242 g/mol. The molecule has 0 heterocycles. The molecular formula is C15H21NO3. The molecule has 0 bridgehead atoms. The Morgan fingerprint density at radius 2 is 2.00 bits per heavy atom. The highest BCUT2D eigenvalue weighted by Gasteiger charge is 2.41. The fourth-order valence-electron chi connectivity index (χ4n) is 2.65. The summed E-state index contributed by atoms with van der Waals surface area (Å²) in [6, 6.07) is 7.46. The van der Waals surface area contributed by atoms with Crippen LogP contribution in [-0.4, -0.2) is 23.7 Å². The molecule has 19 heavy (non-hydrogen) atoms. The van der Waals surface area contributed by atoms with Crippen molar-refractivity contribution < 1.29 is 14.6 Å². The Hall–Kier alpha value is -1.71. The number of ether oxygens (including phenoxy) is 1. The molecule has 0 unspecified atom stereocenters. The van der Waals surface area contributed by atoms with Gasteiger partial charge in [-0.3, -0.25) is 0 Å². The third kappa shape index (κ3) is 2.83. The number of aliphatic carboxylic acids is 1. The molecule has 1 aliphatic carbocycles. The van der Waals surface area contributed by atoms with Crippen molar-refractivity contribution >= 4 is 11.7 Å². The predicted octanol–water partition coefficient (Wildman–Crippen LogP) is 3.14. The van der Waals surface area contributed by atoms with Gasteiger partial charge in [-0.05, 0) is 43.7 Å². The van der Waals surface area contributed by atoms with Gasteiger partial charge in [0, 0.05) is 0 Å². The number of nitrogens with one attached hydrogen (secondary N) is 1. The summed E-state index contributed by atoms with van der Waals surface area (Å²) in [6.07, 6.45) is 3.19. The lowest BCUT2D eigenvalue weighted by Crippen LogP contribution is -2.48. The SMILES string of the molecule is COc1ccccc1NC1(C(=O)O)CCC(C)CC1. The normalized spacial score (nSPS) is 26.7. The highest BCUT2D eigenvalue weighted by molar-refractivity contribution is 5.83. The first kappa shape index (κ1) is 13.7. The molecule has 4 nitrogen and oxygen atoms in total. The number of benzene rings is 1. The third-order valence-corrected chi connectivity index (χ3v) is 4.02. The standard InChI is InChI=1S/C15H21NO3/c1-11-7-9-15(10-8-11,14(17)18)16-12-5-3-4-6-13(12)19-2/h3-6,11,16H,7-10H2,1-2H3,(H,17,18). The van der Waals surface area contributed by atoms with E-state index in [0.29, 0.717) is 24.5 Å². The summed E-state index contributed by atoms with van der Waals surface area (Å²) in [7, 11) is 1.59. The van der Waals surface area contributed by atoms with Crippen molar-refractivity contribution in [3.8, 4) is 5.75 Å². The lowest BCUT2D eigenvalue weighted by molar-refractivity contribution is -0.143. The number of para-hydroxylation sites is 2. The van der Waals surface area contributed by atoms with Gasteiger partial charge in [0.05, 0.1) is 12.8 Å². The molecule has 0 aliphatic heterocycles. The van der Waals surface area contributed by atoms with Crippen molar-refractivity contribution in [1.29, 1.82) is 0 Å². The number of carboxylic acid groups (broad SMARTS) is 1. The fraction of sp³-hybridized carbons (Fsp3) is 0.533. The molecule has 1 saturated carbocycles. The first-order valence-electron chi connectivity index (χ1n) is 6.72. The van der Waals surface area contributed by atoms with E-state index in [0.717, 1.165) is 18.5 Å². The summed E-state index contributed by atoms with van der Waals surface area (Å²) < 4.78 is 5.28. The summed E-state index contributed by atoms with van der Waals surface area (Å²) in [5.41, 5.74) is -0.108. The van der Waals surface area contributed by atoms with Crippen molar-refractivity contribution in [3.63, 3.8) is 0 Å². The van der Waals surface area contributed by atoms with E-state index in [4.69, 9.17) is 4.74 Å². The number of hydrogen-bond acceptors (Lipinski definition) is 3. The van der Waals surface area contributed by atoms with Gasteiger partial charge in [-0.25, -0.2) is 4.79 Å². The van der Waals surface area contributed by atoms with Gasteiger partial charge >= 0.3 is 5.97 Å². The molecule has 1 fully saturated rings. The van der Waals surface area contributed by atoms with Gasteiger partial charge in [0.15, 0.2) is 0 Å². The van der Waals surface area contributed by atoms with E-state index in [-0.39, 0.29) is 0 Å². The highest BCUT2D eigenvalue weighted by atomic mass is 16.5. The van der Waals surface area contributed by atoms with Gasteiger partial charge in [-0.15, -0.1) is 0 Å². The Balaban J connectivity index is 2.24. The number of anilines is 1. The number of carbonyl (C=O) groups is 1. The zero-order valence-electron chi connectivity index (χ0n) is 11.5. The summed E-state index contributed by atoms with van der Waals surface area (Å²) >= 11 is 0. The van der Waals surface area contributed by atoms with E-state index >= 15 is 0 Å². The molecule has 0 spiro atoms. The number of methoxy groups -OCH3 is 1. The minimum Gasteiger partial charge on any atom is -0.495 e. The summed E-state index contributed by atoms with van der Waals surface area (Å²) in [6.45, 7) is 2.18. The monoisotopic (exact) mass is 263 g/mol. The Bertz CT molecular complexity index is 450. The maximum Gasteiger partial charge on any atom is 0.329 e. The first-order chi connectivity index (χ1) is 9.07. The van der Waals surface area contributed by atoms with Crippen LogP contribution < -0.4 is 10.1 Å². The van der Waals surface area contributed by atoms with Crippen LogP contribution in [0.3, 0.4) is 0 Å². The molecule has 0 aromatic heterocycles. The second-order valence-electron chi connectivity index (χ2n) is 5.40. The van der Waals surface area contributed by atoms with Crippen LogP contribution in [0.1, 0.15) is 32.6 Å². The van der Waals surface area contributed by atoms with Gasteiger partial charge in [-0.2, -0.15) is 0 Å². The van der Waals surface area contributed by atoms with Crippen molar-refractivity contribution in [1.82, 2.24) is 0 Å². The Morgan fingerprint density at radius 1 is 1.37 bits per heavy atom. The minimum atomic E-state index is -0.860. The highest BCUT2D eigenvalue weighted by Crippen LogP contribution is 2.37. The van der Waals surface area contributed by atoms with E-state index in [9.17, 15) is 9.90 Å². The summed E-state index contributed by atoms with van der Waals surface area (Å²) in [5.74, 6) is 0.513. The smallest absolute Gasteiger partial charge is 0.329 e. The van der Waals surface area contributed by atoms with Gasteiger partial charge in [0.1, 0.15) is 11.3 Å². The van der Waals surface area contributed by atoms with E-state index in [1.807, 2.05) is 24.3 Å². The average Bonchev–Trinajstić information content (AvgIpc) is 2.42. The largest absolute Gasteiger partial charge is 0.495 e. The second-order valence-corrected chi connectivity index (χ2v) is 5.40. The second kappa shape index (κ2) is 5.51. The van der Waals surface area contributed by atoms with Crippen molar-refractivity contribution in [2.75, 3.05) is 12.4 Å². The Kier molecular flexibility index (Phi) is 3.98. The van der Waals surface area contributed by atoms with Crippen LogP contribution in [0, 0.1) is 5.92 Å². The lowest BCUT2D eigenvalue weighted by atomic mass is 9.77. The molecule has 1 aromatic rings. The quantitative estimate of drug-likeness (QED) is 0.876. The number of hydrogen-bond donors (Lipinski definition) is 2. The average molecular weight is 263 g/mol. The van der Waals surface area contributed by atoms with Gasteiger partial charge < -0.3 is 15.2 Å². The molecule has 4 heteroatoms. The minimum absolute atomic E-state index is 0.604. The van der Waals surface area contributed by atoms with Crippen LogP contribution in [-0.2, 0) is 4.79 Å². The molecule has 1 aromatic carbocycles. The van der Waals surface area contributed by atoms with Gasteiger partial charge in [-0.1, -0.05) is 19.1 Å². The van der Waals surface area contributed by atoms with Crippen LogP contribution in [0.2, 0.25) is 0 Å². The molecule has 104 valence electrons. The van der Waals surface area contributed by atoms with Crippen molar-refractivity contribution in [3.05, 3.63) is 24.3 Å². The van der Waals surface area contributed by atoms with Crippen LogP contribution in [0.15, 0.2) is 24.3 Å². The summed E-state index contributed by atoms with van der Waals surface area (Å²) in [5, 5.41) is 12.8. The predicted molar refractivity (Wildman–Crippen MR) is 74.6 cm³/mol. The molecule has 0 radical (unpaired) electrons. The van der Waals surface area contributed by atoms with Crippen LogP contribution >= 0.6 is 0 Å². The topological polar surface area (TPSA) is 58.6 Å². The van der Waals surface area contributed by atoms with E-state index < -0.39 is 11.5 Å². The van der Waals surface area contributed by atoms with Gasteiger partial charge in [0.2, 0.25) is 0 Å². The molecule has 1 aliphatic rings. The lowest BCUT2D eigenvalue weighted by Gasteiger charge is -2.37. The number of rotatable bonds is 4.